The Morgan fingerprint density at radius 3 is 2.15 bits per heavy atom. The Bertz CT molecular complexity index is 650. The number of rotatable bonds is 7. The average Bonchev–Trinajstić information content (AvgIpc) is 2.68. The van der Waals surface area contributed by atoms with Gasteiger partial charge in [0.2, 0.25) is 0 Å². The minimum atomic E-state index is -0.475. The molecule has 2 aromatic rings. The number of hydrogen-bond donors (Lipinski definition) is 1. The second kappa shape index (κ2) is 12.2. The fourth-order valence-electron chi connectivity index (χ4n) is 3.27. The number of para-hydroxylation sites is 1. The Hall–Kier alpha value is -1.30. The number of piperazine rings is 1. The van der Waals surface area contributed by atoms with Crippen molar-refractivity contribution < 1.29 is 9.84 Å². The number of likely N-dealkylation sites (N-methyl/N-ethyl adjacent to an activating group) is 1. The van der Waals surface area contributed by atoms with Crippen molar-refractivity contribution in [1.29, 1.82) is 0 Å². The van der Waals surface area contributed by atoms with Gasteiger partial charge in [0, 0.05) is 38.3 Å². The molecule has 1 atom stereocenters. The fourth-order valence-corrected chi connectivity index (χ4v) is 3.27. The van der Waals surface area contributed by atoms with Crippen molar-refractivity contribution in [2.45, 2.75) is 13.0 Å². The van der Waals surface area contributed by atoms with Crippen molar-refractivity contribution in [2.24, 2.45) is 0 Å². The van der Waals surface area contributed by atoms with Crippen LogP contribution in [0.3, 0.4) is 0 Å². The van der Waals surface area contributed by atoms with Gasteiger partial charge < -0.3 is 14.7 Å². The molecule has 150 valence electrons. The summed E-state index contributed by atoms with van der Waals surface area (Å²) in [5.41, 5.74) is 2.19. The zero-order chi connectivity index (χ0) is 17.5. The van der Waals surface area contributed by atoms with E-state index in [0.717, 1.165) is 49.6 Å². The van der Waals surface area contributed by atoms with Gasteiger partial charge in [-0.05, 0) is 18.2 Å². The van der Waals surface area contributed by atoms with Crippen molar-refractivity contribution in [1.82, 2.24) is 9.80 Å². The van der Waals surface area contributed by atoms with E-state index in [0.29, 0.717) is 13.2 Å². The third-order valence-corrected chi connectivity index (χ3v) is 4.78. The zero-order valence-corrected chi connectivity index (χ0v) is 17.4. The Kier molecular flexibility index (Phi) is 10.7. The van der Waals surface area contributed by atoms with Gasteiger partial charge >= 0.3 is 0 Å². The number of nitrogens with zero attached hydrogens (tertiary/aromatic N) is 2. The molecule has 1 aliphatic rings. The van der Waals surface area contributed by atoms with E-state index in [1.165, 1.54) is 0 Å². The number of aliphatic hydroxyl groups is 1. The number of benzene rings is 2. The van der Waals surface area contributed by atoms with Crippen LogP contribution >= 0.6 is 24.8 Å². The van der Waals surface area contributed by atoms with Crippen molar-refractivity contribution in [2.75, 3.05) is 45.9 Å². The number of aliphatic hydroxyl groups excluding tert-OH is 1. The molecule has 0 saturated carbocycles. The molecule has 0 aliphatic carbocycles. The molecule has 3 rings (SSSR count). The molecule has 1 aliphatic heterocycles. The first-order valence-electron chi connectivity index (χ1n) is 9.16. The molecule has 1 saturated heterocycles. The number of halogens is 2. The normalized spacial score (nSPS) is 16.1. The van der Waals surface area contributed by atoms with Gasteiger partial charge in [-0.25, -0.2) is 0 Å². The zero-order valence-electron chi connectivity index (χ0n) is 15.8. The SMILES string of the molecule is CCN1CCN(CC(O)COc2ccccc2-c2ccccc2)CC1.Cl.Cl. The molecule has 1 fully saturated rings. The molecular weight excluding hydrogens is 383 g/mol. The van der Waals surface area contributed by atoms with E-state index in [-0.39, 0.29) is 24.8 Å². The lowest BCUT2D eigenvalue weighted by Gasteiger charge is -2.34. The van der Waals surface area contributed by atoms with E-state index in [9.17, 15) is 5.11 Å². The van der Waals surface area contributed by atoms with Crippen LogP contribution in [0, 0.1) is 0 Å². The molecule has 1 N–H and O–H groups in total. The number of ether oxygens (including phenoxy) is 1. The summed E-state index contributed by atoms with van der Waals surface area (Å²) in [6, 6.07) is 18.2. The summed E-state index contributed by atoms with van der Waals surface area (Å²) >= 11 is 0. The molecule has 0 aromatic heterocycles. The van der Waals surface area contributed by atoms with Gasteiger partial charge in [0.05, 0.1) is 0 Å². The Labute approximate surface area is 175 Å². The quantitative estimate of drug-likeness (QED) is 0.753. The second-order valence-corrected chi connectivity index (χ2v) is 6.56. The van der Waals surface area contributed by atoms with Crippen LogP contribution in [0.2, 0.25) is 0 Å². The fraction of sp³-hybridized carbons (Fsp3) is 0.429. The van der Waals surface area contributed by atoms with Gasteiger partial charge in [-0.2, -0.15) is 0 Å². The predicted octanol–water partition coefficient (Wildman–Crippen LogP) is 3.57. The maximum Gasteiger partial charge on any atom is 0.127 e. The molecule has 0 amide bonds. The van der Waals surface area contributed by atoms with Gasteiger partial charge in [-0.1, -0.05) is 55.5 Å². The third kappa shape index (κ3) is 6.98. The monoisotopic (exact) mass is 412 g/mol. The molecular formula is C21H30Cl2N2O2. The lowest BCUT2D eigenvalue weighted by molar-refractivity contribution is 0.0472. The minimum absolute atomic E-state index is 0. The van der Waals surface area contributed by atoms with Crippen LogP contribution in [0.5, 0.6) is 5.75 Å². The maximum absolute atomic E-state index is 10.4. The summed E-state index contributed by atoms with van der Waals surface area (Å²) in [4.78, 5) is 4.76. The van der Waals surface area contributed by atoms with E-state index in [2.05, 4.69) is 34.9 Å². The largest absolute Gasteiger partial charge is 0.490 e. The maximum atomic E-state index is 10.4. The highest BCUT2D eigenvalue weighted by molar-refractivity contribution is 5.85. The van der Waals surface area contributed by atoms with Crippen molar-refractivity contribution in [3.63, 3.8) is 0 Å². The summed E-state index contributed by atoms with van der Waals surface area (Å²) < 4.78 is 5.95. The third-order valence-electron chi connectivity index (χ3n) is 4.78. The molecule has 6 heteroatoms. The Morgan fingerprint density at radius 2 is 1.48 bits per heavy atom. The summed E-state index contributed by atoms with van der Waals surface area (Å²) in [7, 11) is 0. The highest BCUT2D eigenvalue weighted by atomic mass is 35.5. The van der Waals surface area contributed by atoms with Gasteiger partial charge in [0.25, 0.3) is 0 Å². The first kappa shape index (κ1) is 23.7. The van der Waals surface area contributed by atoms with Crippen LogP contribution in [0.4, 0.5) is 0 Å². The lowest BCUT2D eigenvalue weighted by atomic mass is 10.1. The van der Waals surface area contributed by atoms with Crippen molar-refractivity contribution in [3.05, 3.63) is 54.6 Å². The topological polar surface area (TPSA) is 35.9 Å². The average molecular weight is 413 g/mol. The molecule has 0 bridgehead atoms. The molecule has 4 nitrogen and oxygen atoms in total. The number of β-amino-alcohol motifs (C(OH)–C–C–N with tert-alkyl or cyclic N) is 1. The molecule has 0 radical (unpaired) electrons. The molecule has 1 unspecified atom stereocenters. The second-order valence-electron chi connectivity index (χ2n) is 6.56. The molecule has 27 heavy (non-hydrogen) atoms. The summed E-state index contributed by atoms with van der Waals surface area (Å²) in [6.45, 7) is 8.50. The summed E-state index contributed by atoms with van der Waals surface area (Å²) in [5, 5.41) is 10.4. The van der Waals surface area contributed by atoms with Crippen LogP contribution in [0.25, 0.3) is 11.1 Å². The van der Waals surface area contributed by atoms with E-state index in [1.807, 2.05) is 36.4 Å². The Morgan fingerprint density at radius 1 is 0.889 bits per heavy atom. The first-order valence-corrected chi connectivity index (χ1v) is 9.16. The predicted molar refractivity (Wildman–Crippen MR) is 116 cm³/mol. The van der Waals surface area contributed by atoms with Crippen LogP contribution in [0.15, 0.2) is 54.6 Å². The first-order chi connectivity index (χ1) is 12.3. The van der Waals surface area contributed by atoms with E-state index in [1.54, 1.807) is 0 Å². The summed E-state index contributed by atoms with van der Waals surface area (Å²) in [6.07, 6.45) is -0.475. The molecule has 1 heterocycles. The van der Waals surface area contributed by atoms with Crippen LogP contribution in [0.1, 0.15) is 6.92 Å². The number of hydrogen-bond acceptors (Lipinski definition) is 4. The van der Waals surface area contributed by atoms with Crippen LogP contribution in [-0.2, 0) is 0 Å². The van der Waals surface area contributed by atoms with Crippen molar-refractivity contribution >= 4 is 24.8 Å². The van der Waals surface area contributed by atoms with E-state index in [4.69, 9.17) is 4.74 Å². The summed E-state index contributed by atoms with van der Waals surface area (Å²) in [5.74, 6) is 0.823. The van der Waals surface area contributed by atoms with Gasteiger partial charge in [-0.15, -0.1) is 24.8 Å². The van der Waals surface area contributed by atoms with Gasteiger partial charge in [0.15, 0.2) is 0 Å². The minimum Gasteiger partial charge on any atom is -0.490 e. The van der Waals surface area contributed by atoms with Gasteiger partial charge in [-0.3, -0.25) is 4.90 Å². The Balaban J connectivity index is 0.00000182. The standard InChI is InChI=1S/C21H28N2O2.2ClH/c1-2-22-12-14-23(15-13-22)16-19(24)17-25-21-11-7-6-10-20(21)18-8-4-3-5-9-18;;/h3-11,19,24H,2,12-17H2,1H3;2*1H. The van der Waals surface area contributed by atoms with Crippen LogP contribution < -0.4 is 4.74 Å². The molecule has 0 spiro atoms. The van der Waals surface area contributed by atoms with Gasteiger partial charge in [0.1, 0.15) is 18.5 Å². The smallest absolute Gasteiger partial charge is 0.127 e. The molecule has 2 aromatic carbocycles. The van der Waals surface area contributed by atoms with E-state index >= 15 is 0 Å². The van der Waals surface area contributed by atoms with Crippen molar-refractivity contribution in [3.8, 4) is 16.9 Å². The van der Waals surface area contributed by atoms with Crippen LogP contribution in [-0.4, -0.2) is 66.9 Å². The highest BCUT2D eigenvalue weighted by Gasteiger charge is 2.18. The highest BCUT2D eigenvalue weighted by Crippen LogP contribution is 2.29. The van der Waals surface area contributed by atoms with E-state index < -0.39 is 6.10 Å². The lowest BCUT2D eigenvalue weighted by Crippen LogP contribution is -2.49.